The Kier molecular flexibility index (Phi) is 4.55. The van der Waals surface area contributed by atoms with Crippen LogP contribution in [0.2, 0.25) is 0 Å². The zero-order valence-corrected chi connectivity index (χ0v) is 15.2. The summed E-state index contributed by atoms with van der Waals surface area (Å²) in [5.41, 5.74) is 2.58. The van der Waals surface area contributed by atoms with Crippen LogP contribution in [0.3, 0.4) is 0 Å². The number of imidazole rings is 1. The number of fused-ring (bicyclic) bond motifs is 1. The molecule has 1 aliphatic rings. The molecular formula is C19H22N4OS. The van der Waals surface area contributed by atoms with E-state index in [9.17, 15) is 4.79 Å². The summed E-state index contributed by atoms with van der Waals surface area (Å²) in [5.74, 6) is 0.991. The molecule has 1 aromatic carbocycles. The highest BCUT2D eigenvalue weighted by atomic mass is 32.1. The fraction of sp³-hybridized carbons (Fsp3) is 0.368. The molecule has 0 unspecified atom stereocenters. The number of nitrogens with zero attached hydrogens (tertiary/aromatic N) is 3. The average Bonchev–Trinajstić information content (AvgIpc) is 3.17. The topological polar surface area (TPSA) is 52.2 Å². The number of hydrogen-bond donors (Lipinski definition) is 1. The van der Waals surface area contributed by atoms with Crippen molar-refractivity contribution in [1.29, 1.82) is 0 Å². The van der Waals surface area contributed by atoms with Crippen molar-refractivity contribution in [3.63, 3.8) is 0 Å². The van der Waals surface area contributed by atoms with Crippen LogP contribution in [-0.2, 0) is 6.54 Å². The second-order valence-electron chi connectivity index (χ2n) is 6.56. The van der Waals surface area contributed by atoms with E-state index >= 15 is 0 Å². The van der Waals surface area contributed by atoms with Crippen molar-refractivity contribution in [2.24, 2.45) is 0 Å². The smallest absolute Gasteiger partial charge is 0.253 e. The maximum atomic E-state index is 12.9. The first-order chi connectivity index (χ1) is 12.2. The van der Waals surface area contributed by atoms with Gasteiger partial charge in [-0.3, -0.25) is 9.69 Å². The Hall–Kier alpha value is -2.18. The molecule has 0 atom stereocenters. The summed E-state index contributed by atoms with van der Waals surface area (Å²) in [6.07, 6.45) is 1.02. The molecule has 6 heteroatoms. The summed E-state index contributed by atoms with van der Waals surface area (Å²) in [7, 11) is 0. The van der Waals surface area contributed by atoms with E-state index < -0.39 is 0 Å². The van der Waals surface area contributed by atoms with Crippen molar-refractivity contribution in [3.8, 4) is 0 Å². The van der Waals surface area contributed by atoms with Gasteiger partial charge < -0.3 is 9.88 Å². The summed E-state index contributed by atoms with van der Waals surface area (Å²) >= 11 is 1.80. The van der Waals surface area contributed by atoms with Gasteiger partial charge in [-0.25, -0.2) is 4.98 Å². The Morgan fingerprint density at radius 1 is 1.24 bits per heavy atom. The summed E-state index contributed by atoms with van der Waals surface area (Å²) in [6, 6.07) is 10.0. The molecule has 1 fully saturated rings. The first-order valence-corrected chi connectivity index (χ1v) is 9.57. The monoisotopic (exact) mass is 354 g/mol. The maximum absolute atomic E-state index is 12.9. The highest BCUT2D eigenvalue weighted by Gasteiger charge is 2.21. The van der Waals surface area contributed by atoms with Gasteiger partial charge in [-0.15, -0.1) is 11.3 Å². The number of aromatic amines is 1. The average molecular weight is 354 g/mol. The summed E-state index contributed by atoms with van der Waals surface area (Å²) in [6.45, 7) is 6.48. The molecule has 1 aliphatic heterocycles. The van der Waals surface area contributed by atoms with E-state index in [0.29, 0.717) is 0 Å². The van der Waals surface area contributed by atoms with Gasteiger partial charge in [0.05, 0.1) is 11.0 Å². The van der Waals surface area contributed by atoms with Crippen LogP contribution < -0.4 is 0 Å². The van der Waals surface area contributed by atoms with Crippen LogP contribution in [-0.4, -0.2) is 51.9 Å². The van der Waals surface area contributed by atoms with Crippen molar-refractivity contribution in [1.82, 2.24) is 19.8 Å². The number of amides is 1. The lowest BCUT2D eigenvalue weighted by Gasteiger charge is -2.21. The third-order valence-corrected chi connectivity index (χ3v) is 5.54. The minimum absolute atomic E-state index is 0.118. The molecule has 3 aromatic rings. The molecule has 0 aliphatic carbocycles. The summed E-state index contributed by atoms with van der Waals surface area (Å²) in [4.78, 5) is 26.3. The molecule has 1 saturated heterocycles. The SMILES string of the molecule is Cc1nc2ccc(C(=O)N3CCCN(Cc4cccs4)CC3)cc2[nH]1. The summed E-state index contributed by atoms with van der Waals surface area (Å²) in [5, 5.41) is 2.12. The fourth-order valence-electron chi connectivity index (χ4n) is 3.41. The first-order valence-electron chi connectivity index (χ1n) is 8.69. The number of benzene rings is 1. The van der Waals surface area contributed by atoms with Gasteiger partial charge in [-0.05, 0) is 43.0 Å². The van der Waals surface area contributed by atoms with Gasteiger partial charge in [0.2, 0.25) is 0 Å². The molecule has 1 amide bonds. The molecule has 130 valence electrons. The highest BCUT2D eigenvalue weighted by molar-refractivity contribution is 7.09. The van der Waals surface area contributed by atoms with Crippen molar-refractivity contribution in [3.05, 3.63) is 52.0 Å². The number of hydrogen-bond acceptors (Lipinski definition) is 4. The van der Waals surface area contributed by atoms with E-state index in [1.54, 1.807) is 11.3 Å². The second kappa shape index (κ2) is 6.98. The predicted octanol–water partition coefficient (Wildman–Crippen LogP) is 3.28. The zero-order valence-electron chi connectivity index (χ0n) is 14.4. The third kappa shape index (κ3) is 3.60. The predicted molar refractivity (Wildman–Crippen MR) is 101 cm³/mol. The van der Waals surface area contributed by atoms with Gasteiger partial charge in [-0.2, -0.15) is 0 Å². The molecule has 1 N–H and O–H groups in total. The lowest BCUT2D eigenvalue weighted by atomic mass is 10.1. The normalized spacial score (nSPS) is 16.3. The molecule has 25 heavy (non-hydrogen) atoms. The Morgan fingerprint density at radius 3 is 3.00 bits per heavy atom. The minimum Gasteiger partial charge on any atom is -0.342 e. The molecule has 4 rings (SSSR count). The van der Waals surface area contributed by atoms with Crippen LogP contribution in [0.25, 0.3) is 11.0 Å². The number of carbonyl (C=O) groups is 1. The molecule has 0 spiro atoms. The van der Waals surface area contributed by atoms with Gasteiger partial charge in [0.25, 0.3) is 5.91 Å². The zero-order chi connectivity index (χ0) is 17.2. The number of rotatable bonds is 3. The van der Waals surface area contributed by atoms with E-state index in [2.05, 4.69) is 32.4 Å². The van der Waals surface area contributed by atoms with Crippen molar-refractivity contribution in [2.75, 3.05) is 26.2 Å². The van der Waals surface area contributed by atoms with Gasteiger partial charge >= 0.3 is 0 Å². The molecule has 5 nitrogen and oxygen atoms in total. The van der Waals surface area contributed by atoms with Gasteiger partial charge in [0.1, 0.15) is 5.82 Å². The Bertz CT molecular complexity index is 871. The van der Waals surface area contributed by atoms with E-state index in [-0.39, 0.29) is 5.91 Å². The Labute approximate surface area is 151 Å². The number of aromatic nitrogens is 2. The lowest BCUT2D eigenvalue weighted by molar-refractivity contribution is 0.0761. The second-order valence-corrected chi connectivity index (χ2v) is 7.59. The van der Waals surface area contributed by atoms with Gasteiger partial charge in [0, 0.05) is 43.2 Å². The summed E-state index contributed by atoms with van der Waals surface area (Å²) < 4.78 is 0. The molecular weight excluding hydrogens is 332 g/mol. The minimum atomic E-state index is 0.118. The number of nitrogens with one attached hydrogen (secondary N) is 1. The molecule has 0 saturated carbocycles. The Balaban J connectivity index is 1.44. The lowest BCUT2D eigenvalue weighted by Crippen LogP contribution is -2.35. The van der Waals surface area contributed by atoms with Crippen LogP contribution >= 0.6 is 11.3 Å². The Morgan fingerprint density at radius 2 is 2.16 bits per heavy atom. The van der Waals surface area contributed by atoms with E-state index in [1.165, 1.54) is 4.88 Å². The van der Waals surface area contributed by atoms with Crippen molar-refractivity contribution >= 4 is 28.3 Å². The third-order valence-electron chi connectivity index (χ3n) is 4.68. The number of thiophene rings is 1. The van der Waals surface area contributed by atoms with E-state index in [4.69, 9.17) is 0 Å². The van der Waals surface area contributed by atoms with Crippen molar-refractivity contribution < 1.29 is 4.79 Å². The fourth-order valence-corrected chi connectivity index (χ4v) is 4.15. The van der Waals surface area contributed by atoms with Gasteiger partial charge in [0.15, 0.2) is 0 Å². The van der Waals surface area contributed by atoms with Crippen LogP contribution in [0.1, 0.15) is 27.5 Å². The molecule has 2 aromatic heterocycles. The van der Waals surface area contributed by atoms with Crippen LogP contribution in [0.4, 0.5) is 0 Å². The van der Waals surface area contributed by atoms with Crippen LogP contribution in [0.5, 0.6) is 0 Å². The van der Waals surface area contributed by atoms with E-state index in [1.807, 2.05) is 30.0 Å². The van der Waals surface area contributed by atoms with Crippen LogP contribution in [0.15, 0.2) is 35.7 Å². The highest BCUT2D eigenvalue weighted by Crippen LogP contribution is 2.17. The number of H-pyrrole nitrogens is 1. The van der Waals surface area contributed by atoms with Crippen LogP contribution in [0, 0.1) is 6.92 Å². The number of aryl methyl sites for hydroxylation is 1. The van der Waals surface area contributed by atoms with Gasteiger partial charge in [-0.1, -0.05) is 6.07 Å². The van der Waals surface area contributed by atoms with E-state index in [0.717, 1.165) is 61.6 Å². The molecule has 0 bridgehead atoms. The largest absolute Gasteiger partial charge is 0.342 e. The first kappa shape index (κ1) is 16.3. The number of carbonyl (C=O) groups excluding carboxylic acids is 1. The quantitative estimate of drug-likeness (QED) is 0.785. The standard InChI is InChI=1S/C19H22N4OS/c1-14-20-17-6-5-15(12-18(17)21-14)19(24)23-8-3-7-22(9-10-23)13-16-4-2-11-25-16/h2,4-6,11-12H,3,7-10,13H2,1H3,(H,20,21). The van der Waals surface area contributed by atoms with Crippen molar-refractivity contribution in [2.45, 2.75) is 19.9 Å². The maximum Gasteiger partial charge on any atom is 0.253 e. The molecule has 3 heterocycles. The molecule has 0 radical (unpaired) electrons.